The van der Waals surface area contributed by atoms with E-state index in [1.54, 1.807) is 0 Å². The van der Waals surface area contributed by atoms with Crippen molar-refractivity contribution < 1.29 is 5.11 Å². The van der Waals surface area contributed by atoms with Gasteiger partial charge in [0.15, 0.2) is 0 Å². The van der Waals surface area contributed by atoms with Crippen molar-refractivity contribution in [3.63, 3.8) is 0 Å². The van der Waals surface area contributed by atoms with Gasteiger partial charge in [-0.2, -0.15) is 0 Å². The zero-order chi connectivity index (χ0) is 16.3. The topological polar surface area (TPSA) is 35.5 Å². The molecular formula is C18H38N2O. The summed E-state index contributed by atoms with van der Waals surface area (Å²) in [5, 5.41) is 13.3. The van der Waals surface area contributed by atoms with Crippen LogP contribution < -0.4 is 5.32 Å². The zero-order valence-electron chi connectivity index (χ0n) is 15.4. The van der Waals surface area contributed by atoms with E-state index in [9.17, 15) is 5.11 Å². The Morgan fingerprint density at radius 3 is 2.24 bits per heavy atom. The SMILES string of the molecule is CCNC1CCC(C(C)(C)C)CC1CN(C)C(C)(C)CO. The molecule has 21 heavy (non-hydrogen) atoms. The highest BCUT2D eigenvalue weighted by Crippen LogP contribution is 2.40. The highest BCUT2D eigenvalue weighted by molar-refractivity contribution is 4.91. The molecule has 2 N–H and O–H groups in total. The number of aliphatic hydroxyl groups excluding tert-OH is 1. The van der Waals surface area contributed by atoms with Crippen LogP contribution in [0.15, 0.2) is 0 Å². The van der Waals surface area contributed by atoms with Crippen LogP contribution in [0.3, 0.4) is 0 Å². The Kier molecular flexibility index (Phi) is 6.70. The molecule has 0 amide bonds. The number of hydrogen-bond acceptors (Lipinski definition) is 3. The van der Waals surface area contributed by atoms with E-state index in [1.165, 1.54) is 19.3 Å². The summed E-state index contributed by atoms with van der Waals surface area (Å²) in [4.78, 5) is 2.34. The summed E-state index contributed by atoms with van der Waals surface area (Å²) in [5.41, 5.74) is 0.270. The number of likely N-dealkylation sites (N-methyl/N-ethyl adjacent to an activating group) is 1. The van der Waals surface area contributed by atoms with E-state index in [0.717, 1.165) is 19.0 Å². The molecule has 3 nitrogen and oxygen atoms in total. The van der Waals surface area contributed by atoms with Gasteiger partial charge in [-0.25, -0.2) is 0 Å². The molecule has 0 aromatic rings. The van der Waals surface area contributed by atoms with Crippen molar-refractivity contribution in [1.82, 2.24) is 10.2 Å². The van der Waals surface area contributed by atoms with Gasteiger partial charge in [0.25, 0.3) is 0 Å². The molecular weight excluding hydrogens is 260 g/mol. The molecule has 0 bridgehead atoms. The molecule has 1 saturated carbocycles. The van der Waals surface area contributed by atoms with Gasteiger partial charge in [0.1, 0.15) is 0 Å². The molecule has 0 aromatic carbocycles. The maximum atomic E-state index is 9.59. The van der Waals surface area contributed by atoms with Gasteiger partial charge in [-0.05, 0) is 64.0 Å². The quantitative estimate of drug-likeness (QED) is 0.791. The number of nitrogens with one attached hydrogen (secondary N) is 1. The molecule has 1 aliphatic rings. The van der Waals surface area contributed by atoms with Gasteiger partial charge in [0, 0.05) is 18.1 Å². The summed E-state index contributed by atoms with van der Waals surface area (Å²) in [6, 6.07) is 0.630. The van der Waals surface area contributed by atoms with Gasteiger partial charge in [0.2, 0.25) is 0 Å². The Morgan fingerprint density at radius 1 is 1.14 bits per heavy atom. The zero-order valence-corrected chi connectivity index (χ0v) is 15.4. The van der Waals surface area contributed by atoms with Gasteiger partial charge in [-0.3, -0.25) is 4.90 Å². The van der Waals surface area contributed by atoms with Crippen molar-refractivity contribution in [2.45, 2.75) is 72.4 Å². The lowest BCUT2D eigenvalue weighted by Gasteiger charge is -2.45. The van der Waals surface area contributed by atoms with Crippen molar-refractivity contribution in [3.8, 4) is 0 Å². The summed E-state index contributed by atoms with van der Waals surface area (Å²) in [7, 11) is 2.15. The van der Waals surface area contributed by atoms with Crippen LogP contribution in [-0.2, 0) is 0 Å². The summed E-state index contributed by atoms with van der Waals surface area (Å²) in [5.74, 6) is 1.49. The van der Waals surface area contributed by atoms with E-state index in [-0.39, 0.29) is 12.1 Å². The summed E-state index contributed by atoms with van der Waals surface area (Å²) in [6.45, 7) is 15.9. The van der Waals surface area contributed by atoms with Gasteiger partial charge in [-0.15, -0.1) is 0 Å². The van der Waals surface area contributed by atoms with Crippen LogP contribution in [0, 0.1) is 17.3 Å². The first-order valence-electron chi connectivity index (χ1n) is 8.67. The van der Waals surface area contributed by atoms with E-state index in [1.807, 2.05) is 0 Å². The molecule has 1 aliphatic carbocycles. The van der Waals surface area contributed by atoms with Crippen LogP contribution in [0.1, 0.15) is 60.8 Å². The first-order chi connectivity index (χ1) is 9.61. The molecule has 0 aliphatic heterocycles. The molecule has 126 valence electrons. The second kappa shape index (κ2) is 7.43. The average Bonchev–Trinajstić information content (AvgIpc) is 2.39. The highest BCUT2D eigenvalue weighted by Gasteiger charge is 2.37. The predicted octanol–water partition coefficient (Wildman–Crippen LogP) is 3.13. The fourth-order valence-corrected chi connectivity index (χ4v) is 3.50. The van der Waals surface area contributed by atoms with Crippen molar-refractivity contribution in [1.29, 1.82) is 0 Å². The third kappa shape index (κ3) is 5.22. The standard InChI is InChI=1S/C18H38N2O/c1-8-19-16-10-9-15(17(2,3)4)11-14(16)12-20(7)18(5,6)13-21/h14-16,19,21H,8-13H2,1-7H3. The number of nitrogens with zero attached hydrogens (tertiary/aromatic N) is 1. The van der Waals surface area contributed by atoms with E-state index < -0.39 is 0 Å². The fraction of sp³-hybridized carbons (Fsp3) is 1.00. The summed E-state index contributed by atoms with van der Waals surface area (Å²) in [6.07, 6.45) is 3.92. The van der Waals surface area contributed by atoms with Crippen LogP contribution in [0.25, 0.3) is 0 Å². The second-order valence-electron chi connectivity index (χ2n) is 8.65. The maximum Gasteiger partial charge on any atom is 0.0609 e. The largest absolute Gasteiger partial charge is 0.394 e. The second-order valence-corrected chi connectivity index (χ2v) is 8.65. The Labute approximate surface area is 132 Å². The molecule has 1 rings (SSSR count). The monoisotopic (exact) mass is 298 g/mol. The first-order valence-corrected chi connectivity index (χ1v) is 8.67. The van der Waals surface area contributed by atoms with Crippen LogP contribution in [0.4, 0.5) is 0 Å². The molecule has 3 atom stereocenters. The van der Waals surface area contributed by atoms with Gasteiger partial charge in [0.05, 0.1) is 6.61 Å². The molecule has 3 unspecified atom stereocenters. The third-order valence-electron chi connectivity index (χ3n) is 5.60. The van der Waals surface area contributed by atoms with Gasteiger partial charge < -0.3 is 10.4 Å². The Bertz CT molecular complexity index is 309. The van der Waals surface area contributed by atoms with Crippen molar-refractivity contribution in [3.05, 3.63) is 0 Å². The van der Waals surface area contributed by atoms with E-state index >= 15 is 0 Å². The molecule has 0 heterocycles. The van der Waals surface area contributed by atoms with E-state index in [2.05, 4.69) is 58.8 Å². The molecule has 3 heteroatoms. The Hall–Kier alpha value is -0.120. The lowest BCUT2D eigenvalue weighted by Crippen LogP contribution is -2.52. The third-order valence-corrected chi connectivity index (χ3v) is 5.60. The number of aliphatic hydroxyl groups is 1. The minimum atomic E-state index is -0.133. The number of hydrogen-bond donors (Lipinski definition) is 2. The lowest BCUT2D eigenvalue weighted by atomic mass is 9.67. The summed E-state index contributed by atoms with van der Waals surface area (Å²) >= 11 is 0. The molecule has 1 fully saturated rings. The van der Waals surface area contributed by atoms with Crippen LogP contribution >= 0.6 is 0 Å². The average molecular weight is 299 g/mol. The van der Waals surface area contributed by atoms with Crippen molar-refractivity contribution >= 4 is 0 Å². The van der Waals surface area contributed by atoms with Crippen LogP contribution in [0.5, 0.6) is 0 Å². The van der Waals surface area contributed by atoms with Crippen molar-refractivity contribution in [2.24, 2.45) is 17.3 Å². The van der Waals surface area contributed by atoms with Crippen LogP contribution in [-0.4, -0.2) is 48.3 Å². The minimum Gasteiger partial charge on any atom is -0.394 e. The van der Waals surface area contributed by atoms with E-state index in [0.29, 0.717) is 17.4 Å². The molecule has 0 radical (unpaired) electrons. The van der Waals surface area contributed by atoms with Crippen LogP contribution in [0.2, 0.25) is 0 Å². The minimum absolute atomic E-state index is 0.133. The fourth-order valence-electron chi connectivity index (χ4n) is 3.50. The summed E-state index contributed by atoms with van der Waals surface area (Å²) < 4.78 is 0. The maximum absolute atomic E-state index is 9.59. The first kappa shape index (κ1) is 18.9. The normalized spacial score (nSPS) is 28.1. The Balaban J connectivity index is 2.76. The van der Waals surface area contributed by atoms with Gasteiger partial charge in [-0.1, -0.05) is 27.7 Å². The van der Waals surface area contributed by atoms with Gasteiger partial charge >= 0.3 is 0 Å². The molecule has 0 spiro atoms. The highest BCUT2D eigenvalue weighted by atomic mass is 16.3. The van der Waals surface area contributed by atoms with E-state index in [4.69, 9.17) is 0 Å². The molecule has 0 saturated heterocycles. The smallest absolute Gasteiger partial charge is 0.0609 e. The Morgan fingerprint density at radius 2 is 1.76 bits per heavy atom. The predicted molar refractivity (Wildman–Crippen MR) is 91.5 cm³/mol. The van der Waals surface area contributed by atoms with Crippen molar-refractivity contribution in [2.75, 3.05) is 26.7 Å². The number of rotatable bonds is 6. The molecule has 0 aromatic heterocycles. The lowest BCUT2D eigenvalue weighted by molar-refractivity contribution is 0.0357.